The minimum atomic E-state index is -0.356. The van der Waals surface area contributed by atoms with Crippen LogP contribution < -0.4 is 5.32 Å². The number of aliphatic hydroxyl groups is 1. The average molecular weight is 238 g/mol. The Morgan fingerprint density at radius 2 is 2.35 bits per heavy atom. The van der Waals surface area contributed by atoms with Gasteiger partial charge < -0.3 is 20.1 Å². The van der Waals surface area contributed by atoms with Crippen molar-refractivity contribution in [2.75, 3.05) is 20.3 Å². The first-order valence-corrected chi connectivity index (χ1v) is 5.77. The van der Waals surface area contributed by atoms with Crippen LogP contribution in [0.15, 0.2) is 12.1 Å². The van der Waals surface area contributed by atoms with Gasteiger partial charge in [-0.2, -0.15) is 0 Å². The van der Waals surface area contributed by atoms with Gasteiger partial charge in [-0.15, -0.1) is 0 Å². The number of esters is 1. The molecule has 0 bridgehead atoms. The van der Waals surface area contributed by atoms with Crippen LogP contribution in [0.2, 0.25) is 0 Å². The molecule has 0 radical (unpaired) electrons. The smallest absolute Gasteiger partial charge is 0.354 e. The molecule has 0 saturated heterocycles. The van der Waals surface area contributed by atoms with Crippen molar-refractivity contribution in [3.63, 3.8) is 0 Å². The summed E-state index contributed by atoms with van der Waals surface area (Å²) in [5.74, 6) is -0.356. The zero-order valence-corrected chi connectivity index (χ0v) is 9.95. The topological polar surface area (TPSA) is 74.3 Å². The quantitative estimate of drug-likeness (QED) is 0.637. The molecule has 1 heterocycles. The molecule has 0 unspecified atom stereocenters. The summed E-state index contributed by atoms with van der Waals surface area (Å²) in [5, 5.41) is 12.4. The molecular formula is C12H18N2O3. The highest BCUT2D eigenvalue weighted by atomic mass is 16.5. The third kappa shape index (κ3) is 2.87. The van der Waals surface area contributed by atoms with Gasteiger partial charge in [0.05, 0.1) is 7.11 Å². The van der Waals surface area contributed by atoms with Crippen LogP contribution in [-0.2, 0) is 11.3 Å². The molecule has 1 saturated carbocycles. The van der Waals surface area contributed by atoms with Crippen molar-refractivity contribution in [1.82, 2.24) is 10.3 Å². The van der Waals surface area contributed by atoms with E-state index in [9.17, 15) is 4.79 Å². The molecule has 0 atom stereocenters. The number of hydrogen-bond donors (Lipinski definition) is 3. The summed E-state index contributed by atoms with van der Waals surface area (Å²) in [4.78, 5) is 14.2. The molecule has 0 spiro atoms. The molecule has 1 fully saturated rings. The number of hydrogen-bond acceptors (Lipinski definition) is 4. The molecule has 5 heteroatoms. The number of nitrogens with one attached hydrogen (secondary N) is 2. The van der Waals surface area contributed by atoms with E-state index < -0.39 is 0 Å². The minimum Gasteiger partial charge on any atom is -0.464 e. The lowest BCUT2D eigenvalue weighted by atomic mass is 10.1. The Kier molecular flexibility index (Phi) is 3.49. The van der Waals surface area contributed by atoms with Crippen LogP contribution in [0, 0.1) is 5.41 Å². The van der Waals surface area contributed by atoms with Gasteiger partial charge in [0, 0.05) is 30.8 Å². The molecule has 2 rings (SSSR count). The Morgan fingerprint density at radius 1 is 1.59 bits per heavy atom. The zero-order chi connectivity index (χ0) is 12.3. The number of carbonyl (C=O) groups is 1. The van der Waals surface area contributed by atoms with Crippen LogP contribution in [0.3, 0.4) is 0 Å². The summed E-state index contributed by atoms with van der Waals surface area (Å²) in [5.41, 5.74) is 1.52. The molecule has 0 aliphatic heterocycles. The van der Waals surface area contributed by atoms with Gasteiger partial charge >= 0.3 is 5.97 Å². The number of aromatic amines is 1. The number of methoxy groups -OCH3 is 1. The Bertz CT molecular complexity index is 396. The number of aromatic nitrogens is 1. The lowest BCUT2D eigenvalue weighted by Gasteiger charge is -2.11. The van der Waals surface area contributed by atoms with Gasteiger partial charge in [0.15, 0.2) is 0 Å². The highest BCUT2D eigenvalue weighted by Gasteiger charge is 2.41. The molecule has 17 heavy (non-hydrogen) atoms. The van der Waals surface area contributed by atoms with Crippen LogP contribution in [0.25, 0.3) is 0 Å². The molecule has 1 aliphatic carbocycles. The van der Waals surface area contributed by atoms with E-state index in [4.69, 9.17) is 5.11 Å². The van der Waals surface area contributed by atoms with Crippen LogP contribution in [0.5, 0.6) is 0 Å². The van der Waals surface area contributed by atoms with E-state index in [-0.39, 0.29) is 18.0 Å². The van der Waals surface area contributed by atoms with Crippen molar-refractivity contribution >= 4 is 5.97 Å². The third-order valence-electron chi connectivity index (χ3n) is 3.26. The first-order chi connectivity index (χ1) is 8.19. The lowest BCUT2D eigenvalue weighted by molar-refractivity contribution is 0.0594. The molecule has 3 N–H and O–H groups in total. The standard InChI is InChI=1S/C12H18N2O3/c1-17-11(16)10-3-2-9(14-10)6-13-7-12(8-15)4-5-12/h2-3,13-15H,4-8H2,1H3. The van der Waals surface area contributed by atoms with Crippen LogP contribution in [0.1, 0.15) is 29.0 Å². The SMILES string of the molecule is COC(=O)c1ccc(CNCC2(CO)CC2)[nH]1. The molecule has 1 aromatic heterocycles. The fourth-order valence-corrected chi connectivity index (χ4v) is 1.80. The highest BCUT2D eigenvalue weighted by molar-refractivity contribution is 5.87. The van der Waals surface area contributed by atoms with Gasteiger partial charge in [-0.05, 0) is 25.0 Å². The highest BCUT2D eigenvalue weighted by Crippen LogP contribution is 2.44. The normalized spacial score (nSPS) is 16.8. The molecule has 0 amide bonds. The van der Waals surface area contributed by atoms with Gasteiger partial charge in [-0.25, -0.2) is 4.79 Å². The first kappa shape index (κ1) is 12.1. The summed E-state index contributed by atoms with van der Waals surface area (Å²) >= 11 is 0. The molecule has 1 aliphatic rings. The van der Waals surface area contributed by atoms with Crippen molar-refractivity contribution in [1.29, 1.82) is 0 Å². The predicted molar refractivity (Wildman–Crippen MR) is 62.6 cm³/mol. The van der Waals surface area contributed by atoms with E-state index in [1.807, 2.05) is 6.07 Å². The minimum absolute atomic E-state index is 0.109. The van der Waals surface area contributed by atoms with E-state index in [1.54, 1.807) is 6.07 Å². The van der Waals surface area contributed by atoms with Crippen molar-refractivity contribution in [2.24, 2.45) is 5.41 Å². The molecule has 94 valence electrons. The van der Waals surface area contributed by atoms with Gasteiger partial charge in [-0.3, -0.25) is 0 Å². The third-order valence-corrected chi connectivity index (χ3v) is 3.26. The van der Waals surface area contributed by atoms with Crippen LogP contribution in [-0.4, -0.2) is 36.3 Å². The average Bonchev–Trinajstić information content (AvgIpc) is 2.98. The summed E-state index contributed by atoms with van der Waals surface area (Å²) in [7, 11) is 1.36. The van der Waals surface area contributed by atoms with Gasteiger partial charge in [-0.1, -0.05) is 0 Å². The van der Waals surface area contributed by atoms with Gasteiger partial charge in [0.1, 0.15) is 5.69 Å². The Balaban J connectivity index is 1.79. The molecular weight excluding hydrogens is 220 g/mol. The lowest BCUT2D eigenvalue weighted by Crippen LogP contribution is -2.26. The fourth-order valence-electron chi connectivity index (χ4n) is 1.80. The van der Waals surface area contributed by atoms with Crippen LogP contribution >= 0.6 is 0 Å². The number of aliphatic hydroxyl groups excluding tert-OH is 1. The van der Waals surface area contributed by atoms with Gasteiger partial charge in [0.2, 0.25) is 0 Å². The molecule has 1 aromatic rings. The van der Waals surface area contributed by atoms with E-state index >= 15 is 0 Å². The number of H-pyrrole nitrogens is 1. The Morgan fingerprint density at radius 3 is 2.94 bits per heavy atom. The van der Waals surface area contributed by atoms with E-state index in [1.165, 1.54) is 7.11 Å². The van der Waals surface area contributed by atoms with Crippen molar-refractivity contribution in [2.45, 2.75) is 19.4 Å². The van der Waals surface area contributed by atoms with Crippen molar-refractivity contribution < 1.29 is 14.6 Å². The fraction of sp³-hybridized carbons (Fsp3) is 0.583. The molecule has 0 aromatic carbocycles. The summed E-state index contributed by atoms with van der Waals surface area (Å²) in [6.45, 7) is 1.73. The predicted octanol–water partition coefficient (Wildman–Crippen LogP) is 0.663. The van der Waals surface area contributed by atoms with E-state index in [2.05, 4.69) is 15.0 Å². The second-order valence-electron chi connectivity index (χ2n) is 4.65. The van der Waals surface area contributed by atoms with E-state index in [0.29, 0.717) is 12.2 Å². The summed E-state index contributed by atoms with van der Waals surface area (Å²) in [6.07, 6.45) is 2.18. The number of carbonyl (C=O) groups excluding carboxylic acids is 1. The maximum atomic E-state index is 11.2. The Hall–Kier alpha value is -1.33. The van der Waals surface area contributed by atoms with Crippen molar-refractivity contribution in [3.05, 3.63) is 23.5 Å². The summed E-state index contributed by atoms with van der Waals surface area (Å²) in [6, 6.07) is 3.57. The van der Waals surface area contributed by atoms with E-state index in [0.717, 1.165) is 25.1 Å². The maximum absolute atomic E-state index is 11.2. The van der Waals surface area contributed by atoms with Gasteiger partial charge in [0.25, 0.3) is 0 Å². The second kappa shape index (κ2) is 4.89. The number of ether oxygens (including phenoxy) is 1. The molecule has 5 nitrogen and oxygen atoms in total. The Labute approximate surface area is 100 Å². The largest absolute Gasteiger partial charge is 0.464 e. The maximum Gasteiger partial charge on any atom is 0.354 e. The summed E-state index contributed by atoms with van der Waals surface area (Å²) < 4.78 is 4.61. The first-order valence-electron chi connectivity index (χ1n) is 5.77. The van der Waals surface area contributed by atoms with Crippen LogP contribution in [0.4, 0.5) is 0 Å². The second-order valence-corrected chi connectivity index (χ2v) is 4.65. The number of rotatable bonds is 6. The zero-order valence-electron chi connectivity index (χ0n) is 9.95. The monoisotopic (exact) mass is 238 g/mol. The van der Waals surface area contributed by atoms with Crippen molar-refractivity contribution in [3.8, 4) is 0 Å².